The third-order valence-electron chi connectivity index (χ3n) is 3.46. The fraction of sp³-hybridized carbons (Fsp3) is 0.0556. The van der Waals surface area contributed by atoms with Crippen LogP contribution in [0.3, 0.4) is 0 Å². The number of nitrogens with one attached hydrogen (secondary N) is 1. The fourth-order valence-corrected chi connectivity index (χ4v) is 2.52. The number of hydrogen-bond donors (Lipinski definition) is 1. The molecule has 0 unspecified atom stereocenters. The molecule has 0 bridgehead atoms. The normalized spacial score (nSPS) is 11.8. The number of carbonyl (C=O) groups excluding carboxylic acids is 1. The van der Waals surface area contributed by atoms with Crippen molar-refractivity contribution >= 4 is 29.1 Å². The van der Waals surface area contributed by atoms with Gasteiger partial charge in [-0.3, -0.25) is 4.79 Å². The first kappa shape index (κ1) is 16.4. The number of rotatable bonds is 4. The molecular weight excluding hydrogens is 345 g/mol. The molecule has 1 atom stereocenters. The maximum Gasteiger partial charge on any atom is 0.272 e. The largest absolute Gasteiger partial charge is 0.340 e. The second-order valence-electron chi connectivity index (χ2n) is 5.09. The van der Waals surface area contributed by atoms with Crippen molar-refractivity contribution in [3.05, 3.63) is 94.0 Å². The maximum absolute atomic E-state index is 12.5. The first-order chi connectivity index (χ1) is 11.6. The third-order valence-corrected chi connectivity index (χ3v) is 3.91. The Morgan fingerprint density at radius 3 is 2.17 bits per heavy atom. The average Bonchev–Trinajstić information content (AvgIpc) is 2.62. The molecule has 2 aromatic carbocycles. The van der Waals surface area contributed by atoms with Gasteiger partial charge in [-0.2, -0.15) is 0 Å². The lowest BCUT2D eigenvalue weighted by Crippen LogP contribution is -2.30. The molecule has 0 aliphatic heterocycles. The topological polar surface area (TPSA) is 54.9 Å². The lowest BCUT2D eigenvalue weighted by molar-refractivity contribution is 0.0937. The first-order valence-corrected chi connectivity index (χ1v) is 7.98. The molecule has 3 rings (SSSR count). The van der Waals surface area contributed by atoms with Gasteiger partial charge in [0.15, 0.2) is 0 Å². The van der Waals surface area contributed by atoms with Gasteiger partial charge >= 0.3 is 0 Å². The number of benzene rings is 2. The van der Waals surface area contributed by atoms with Gasteiger partial charge < -0.3 is 5.32 Å². The van der Waals surface area contributed by atoms with E-state index in [1.54, 1.807) is 12.1 Å². The monoisotopic (exact) mass is 357 g/mol. The Labute approximate surface area is 149 Å². The van der Waals surface area contributed by atoms with Crippen LogP contribution in [0, 0.1) is 0 Å². The van der Waals surface area contributed by atoms with Gasteiger partial charge in [-0.05, 0) is 23.3 Å². The zero-order valence-corrected chi connectivity index (χ0v) is 14.0. The number of amides is 1. The smallest absolute Gasteiger partial charge is 0.272 e. The summed E-state index contributed by atoms with van der Waals surface area (Å²) in [6.07, 6.45) is 2.69. The van der Waals surface area contributed by atoms with Crippen LogP contribution >= 0.6 is 23.2 Å². The van der Waals surface area contributed by atoms with Crippen LogP contribution in [0.15, 0.2) is 67.0 Å². The van der Waals surface area contributed by atoms with Crippen molar-refractivity contribution in [3.63, 3.8) is 0 Å². The van der Waals surface area contributed by atoms with Gasteiger partial charge in [-0.1, -0.05) is 65.7 Å². The predicted octanol–water partition coefficient (Wildman–Crippen LogP) is 4.30. The minimum Gasteiger partial charge on any atom is -0.340 e. The van der Waals surface area contributed by atoms with Crippen LogP contribution in [0.1, 0.15) is 27.7 Å². The van der Waals surface area contributed by atoms with E-state index in [4.69, 9.17) is 23.2 Å². The van der Waals surface area contributed by atoms with Crippen molar-refractivity contribution in [2.45, 2.75) is 6.04 Å². The Morgan fingerprint density at radius 1 is 0.875 bits per heavy atom. The highest BCUT2D eigenvalue weighted by Gasteiger charge is 2.18. The predicted molar refractivity (Wildman–Crippen MR) is 94.2 cm³/mol. The van der Waals surface area contributed by atoms with Crippen LogP contribution in [0.5, 0.6) is 0 Å². The molecule has 1 amide bonds. The number of carbonyl (C=O) groups is 1. The molecule has 0 aliphatic carbocycles. The van der Waals surface area contributed by atoms with Gasteiger partial charge in [0.1, 0.15) is 10.8 Å². The molecule has 0 saturated heterocycles. The van der Waals surface area contributed by atoms with E-state index in [1.807, 2.05) is 42.5 Å². The molecule has 0 aliphatic rings. The Hall–Kier alpha value is -2.43. The lowest BCUT2D eigenvalue weighted by atomic mass is 9.98. The van der Waals surface area contributed by atoms with Crippen LogP contribution in [-0.4, -0.2) is 15.9 Å². The maximum atomic E-state index is 12.5. The summed E-state index contributed by atoms with van der Waals surface area (Å²) in [6, 6.07) is 16.7. The van der Waals surface area contributed by atoms with Crippen molar-refractivity contribution in [2.24, 2.45) is 0 Å². The highest BCUT2D eigenvalue weighted by Crippen LogP contribution is 2.24. The fourth-order valence-electron chi connectivity index (χ4n) is 2.29. The van der Waals surface area contributed by atoms with Gasteiger partial charge in [0.2, 0.25) is 0 Å². The Balaban J connectivity index is 1.91. The second-order valence-corrected chi connectivity index (χ2v) is 5.92. The summed E-state index contributed by atoms with van der Waals surface area (Å²) in [5.41, 5.74) is 2.07. The Kier molecular flexibility index (Phi) is 5.08. The molecular formula is C18H13Cl2N3O. The van der Waals surface area contributed by atoms with Crippen molar-refractivity contribution < 1.29 is 4.79 Å². The van der Waals surface area contributed by atoms with Gasteiger partial charge in [0, 0.05) is 5.02 Å². The SMILES string of the molecule is O=C(N[C@@H](c1ccccc1)c1ccc(Cl)cc1)c1cnc(Cl)cn1. The first-order valence-electron chi connectivity index (χ1n) is 7.22. The summed E-state index contributed by atoms with van der Waals surface area (Å²) in [7, 11) is 0. The molecule has 1 N–H and O–H groups in total. The average molecular weight is 358 g/mol. The second kappa shape index (κ2) is 7.43. The van der Waals surface area contributed by atoms with Crippen LogP contribution in [0.25, 0.3) is 0 Å². The Bertz CT molecular complexity index is 821. The lowest BCUT2D eigenvalue weighted by Gasteiger charge is -2.19. The molecule has 0 spiro atoms. The third kappa shape index (κ3) is 3.91. The van der Waals surface area contributed by atoms with Gasteiger partial charge in [0.05, 0.1) is 18.4 Å². The summed E-state index contributed by atoms with van der Waals surface area (Å²) in [4.78, 5) is 20.4. The van der Waals surface area contributed by atoms with E-state index in [2.05, 4.69) is 15.3 Å². The number of nitrogens with zero attached hydrogens (tertiary/aromatic N) is 2. The minimum absolute atomic E-state index is 0.203. The van der Waals surface area contributed by atoms with E-state index in [0.29, 0.717) is 5.02 Å². The zero-order valence-electron chi connectivity index (χ0n) is 12.5. The highest BCUT2D eigenvalue weighted by atomic mass is 35.5. The number of halogens is 2. The molecule has 24 heavy (non-hydrogen) atoms. The van der Waals surface area contributed by atoms with E-state index in [1.165, 1.54) is 12.4 Å². The molecule has 1 aromatic heterocycles. The summed E-state index contributed by atoms with van der Waals surface area (Å²) in [6.45, 7) is 0. The van der Waals surface area contributed by atoms with E-state index in [-0.39, 0.29) is 22.8 Å². The minimum atomic E-state index is -0.331. The Morgan fingerprint density at radius 2 is 1.54 bits per heavy atom. The van der Waals surface area contributed by atoms with E-state index in [0.717, 1.165) is 11.1 Å². The molecule has 0 radical (unpaired) electrons. The molecule has 120 valence electrons. The van der Waals surface area contributed by atoms with Crippen LogP contribution in [0.2, 0.25) is 10.2 Å². The molecule has 6 heteroatoms. The molecule has 0 saturated carbocycles. The van der Waals surface area contributed by atoms with Gasteiger partial charge in [0.25, 0.3) is 5.91 Å². The van der Waals surface area contributed by atoms with Gasteiger partial charge in [-0.25, -0.2) is 9.97 Å². The summed E-state index contributed by atoms with van der Waals surface area (Å²) in [5, 5.41) is 3.86. The number of hydrogen-bond acceptors (Lipinski definition) is 3. The van der Waals surface area contributed by atoms with Crippen LogP contribution in [-0.2, 0) is 0 Å². The molecule has 1 heterocycles. The quantitative estimate of drug-likeness (QED) is 0.757. The van der Waals surface area contributed by atoms with E-state index < -0.39 is 0 Å². The van der Waals surface area contributed by atoms with E-state index >= 15 is 0 Å². The van der Waals surface area contributed by atoms with Gasteiger partial charge in [-0.15, -0.1) is 0 Å². The number of aromatic nitrogens is 2. The molecule has 0 fully saturated rings. The molecule has 4 nitrogen and oxygen atoms in total. The molecule has 3 aromatic rings. The zero-order chi connectivity index (χ0) is 16.9. The summed E-state index contributed by atoms with van der Waals surface area (Å²) in [5.74, 6) is -0.331. The standard InChI is InChI=1S/C18H13Cl2N3O/c19-14-8-6-13(7-9-14)17(12-4-2-1-3-5-12)23-18(24)15-10-22-16(20)11-21-15/h1-11,17H,(H,23,24)/t17-/m0/s1. The summed E-state index contributed by atoms with van der Waals surface area (Å²) < 4.78 is 0. The van der Waals surface area contributed by atoms with E-state index in [9.17, 15) is 4.79 Å². The van der Waals surface area contributed by atoms with Crippen LogP contribution in [0.4, 0.5) is 0 Å². The van der Waals surface area contributed by atoms with Crippen molar-refractivity contribution in [3.8, 4) is 0 Å². The summed E-state index contributed by atoms with van der Waals surface area (Å²) >= 11 is 11.7. The van der Waals surface area contributed by atoms with Crippen molar-refractivity contribution in [2.75, 3.05) is 0 Å². The highest BCUT2D eigenvalue weighted by molar-refractivity contribution is 6.30. The van der Waals surface area contributed by atoms with Crippen molar-refractivity contribution in [1.29, 1.82) is 0 Å². The van der Waals surface area contributed by atoms with Crippen molar-refractivity contribution in [1.82, 2.24) is 15.3 Å². The van der Waals surface area contributed by atoms with Crippen LogP contribution < -0.4 is 5.32 Å².